The highest BCUT2D eigenvalue weighted by atomic mass is 127. The Kier molecular flexibility index (Phi) is 9.81. The van der Waals surface area contributed by atoms with E-state index in [2.05, 4.69) is 41.3 Å². The molecular formula is C13H29IN4. The summed E-state index contributed by atoms with van der Waals surface area (Å²) >= 11 is 0. The molecule has 5 heteroatoms. The number of aliphatic imine (C=N–C) groups is 1. The highest BCUT2D eigenvalue weighted by molar-refractivity contribution is 14.0. The second-order valence-corrected chi connectivity index (χ2v) is 4.83. The van der Waals surface area contributed by atoms with Gasteiger partial charge in [-0.3, -0.25) is 9.89 Å². The van der Waals surface area contributed by atoms with Crippen LogP contribution in [0.1, 0.15) is 40.0 Å². The summed E-state index contributed by atoms with van der Waals surface area (Å²) in [4.78, 5) is 6.81. The summed E-state index contributed by atoms with van der Waals surface area (Å²) < 4.78 is 0. The lowest BCUT2D eigenvalue weighted by atomic mass is 10.2. The zero-order chi connectivity index (χ0) is 12.7. The molecule has 0 amide bonds. The van der Waals surface area contributed by atoms with Crippen molar-refractivity contribution in [3.63, 3.8) is 0 Å². The van der Waals surface area contributed by atoms with Crippen LogP contribution < -0.4 is 10.6 Å². The molecule has 108 valence electrons. The van der Waals surface area contributed by atoms with Crippen molar-refractivity contribution < 1.29 is 0 Å². The van der Waals surface area contributed by atoms with E-state index in [1.807, 2.05) is 7.05 Å². The number of likely N-dealkylation sites (N-methyl/N-ethyl adjacent to an activating group) is 1. The summed E-state index contributed by atoms with van der Waals surface area (Å²) in [6.07, 6.45) is 3.75. The molecular weight excluding hydrogens is 339 g/mol. The molecule has 0 aromatic heterocycles. The van der Waals surface area contributed by atoms with Crippen LogP contribution in [0.4, 0.5) is 0 Å². The third kappa shape index (κ3) is 5.73. The Morgan fingerprint density at radius 2 is 2.17 bits per heavy atom. The zero-order valence-corrected chi connectivity index (χ0v) is 14.5. The summed E-state index contributed by atoms with van der Waals surface area (Å²) in [5.41, 5.74) is 0. The Balaban J connectivity index is 0.00000289. The summed E-state index contributed by atoms with van der Waals surface area (Å²) in [6, 6.07) is 1.16. The van der Waals surface area contributed by atoms with Crippen LogP contribution in [0.25, 0.3) is 0 Å². The average Bonchev–Trinajstić information content (AvgIpc) is 2.81. The van der Waals surface area contributed by atoms with Gasteiger partial charge in [0.2, 0.25) is 0 Å². The topological polar surface area (TPSA) is 39.7 Å². The van der Waals surface area contributed by atoms with Gasteiger partial charge in [-0.05, 0) is 39.3 Å². The first-order chi connectivity index (χ1) is 8.21. The molecule has 1 heterocycles. The first kappa shape index (κ1) is 18.0. The highest BCUT2D eigenvalue weighted by Gasteiger charge is 2.22. The van der Waals surface area contributed by atoms with Gasteiger partial charge in [-0.2, -0.15) is 0 Å². The van der Waals surface area contributed by atoms with Crippen molar-refractivity contribution in [2.75, 3.05) is 26.7 Å². The van der Waals surface area contributed by atoms with E-state index in [0.29, 0.717) is 12.1 Å². The van der Waals surface area contributed by atoms with Gasteiger partial charge in [0.05, 0.1) is 0 Å². The molecule has 0 bridgehead atoms. The summed E-state index contributed by atoms with van der Waals surface area (Å²) in [5, 5.41) is 6.83. The van der Waals surface area contributed by atoms with E-state index < -0.39 is 0 Å². The van der Waals surface area contributed by atoms with Crippen molar-refractivity contribution in [1.82, 2.24) is 15.5 Å². The third-order valence-electron chi connectivity index (χ3n) is 3.63. The number of rotatable bonds is 5. The molecule has 0 saturated carbocycles. The average molecular weight is 368 g/mol. The molecule has 2 unspecified atom stereocenters. The Morgan fingerprint density at radius 3 is 2.72 bits per heavy atom. The fourth-order valence-corrected chi connectivity index (χ4v) is 2.29. The van der Waals surface area contributed by atoms with Gasteiger partial charge in [-0.1, -0.05) is 13.8 Å². The monoisotopic (exact) mass is 368 g/mol. The van der Waals surface area contributed by atoms with Crippen molar-refractivity contribution in [3.8, 4) is 0 Å². The molecule has 1 aliphatic heterocycles. The van der Waals surface area contributed by atoms with E-state index >= 15 is 0 Å². The molecule has 0 spiro atoms. The lowest BCUT2D eigenvalue weighted by Gasteiger charge is -2.24. The van der Waals surface area contributed by atoms with Crippen molar-refractivity contribution in [1.29, 1.82) is 0 Å². The number of hydrogen-bond donors (Lipinski definition) is 2. The lowest BCUT2D eigenvalue weighted by molar-refractivity contribution is 0.267. The summed E-state index contributed by atoms with van der Waals surface area (Å²) in [7, 11) is 1.84. The molecule has 1 fully saturated rings. The van der Waals surface area contributed by atoms with Gasteiger partial charge in [-0.15, -0.1) is 24.0 Å². The minimum atomic E-state index is 0. The lowest BCUT2D eigenvalue weighted by Crippen LogP contribution is -2.47. The predicted molar refractivity (Wildman–Crippen MR) is 89.9 cm³/mol. The third-order valence-corrected chi connectivity index (χ3v) is 3.63. The maximum atomic E-state index is 4.26. The first-order valence-electron chi connectivity index (χ1n) is 6.92. The predicted octanol–water partition coefficient (Wildman–Crippen LogP) is 2.05. The number of halogens is 1. The molecule has 0 aromatic carbocycles. The largest absolute Gasteiger partial charge is 0.355 e. The van der Waals surface area contributed by atoms with Crippen molar-refractivity contribution in [2.24, 2.45) is 4.99 Å². The molecule has 1 rings (SSSR count). The van der Waals surface area contributed by atoms with Crippen LogP contribution in [0.3, 0.4) is 0 Å². The SMILES string of the molecule is CCC(C)NC(=NC)NCC1CCCN1CC.I. The van der Waals surface area contributed by atoms with Crippen molar-refractivity contribution in [3.05, 3.63) is 0 Å². The second kappa shape index (κ2) is 9.83. The van der Waals surface area contributed by atoms with E-state index in [4.69, 9.17) is 0 Å². The van der Waals surface area contributed by atoms with Crippen molar-refractivity contribution in [2.45, 2.75) is 52.1 Å². The Hall–Kier alpha value is -0.0400. The van der Waals surface area contributed by atoms with E-state index in [9.17, 15) is 0 Å². The first-order valence-corrected chi connectivity index (χ1v) is 6.92. The van der Waals surface area contributed by atoms with Crippen LogP contribution in [0.2, 0.25) is 0 Å². The number of nitrogens with one attached hydrogen (secondary N) is 2. The maximum Gasteiger partial charge on any atom is 0.191 e. The number of likely N-dealkylation sites (tertiary alicyclic amines) is 1. The van der Waals surface area contributed by atoms with E-state index in [1.165, 1.54) is 19.4 Å². The second-order valence-electron chi connectivity index (χ2n) is 4.83. The molecule has 1 saturated heterocycles. The Labute approximate surface area is 129 Å². The molecule has 0 radical (unpaired) electrons. The van der Waals surface area contributed by atoms with Crippen LogP contribution in [-0.4, -0.2) is 49.6 Å². The van der Waals surface area contributed by atoms with Gasteiger partial charge in [0.1, 0.15) is 0 Å². The van der Waals surface area contributed by atoms with Gasteiger partial charge < -0.3 is 10.6 Å². The molecule has 2 atom stereocenters. The molecule has 1 aliphatic rings. The number of hydrogen-bond acceptors (Lipinski definition) is 2. The summed E-state index contributed by atoms with van der Waals surface area (Å²) in [5.74, 6) is 0.933. The summed E-state index contributed by atoms with van der Waals surface area (Å²) in [6.45, 7) is 10.0. The Morgan fingerprint density at radius 1 is 1.44 bits per heavy atom. The minimum absolute atomic E-state index is 0. The highest BCUT2D eigenvalue weighted by Crippen LogP contribution is 2.15. The molecule has 0 aliphatic carbocycles. The molecule has 18 heavy (non-hydrogen) atoms. The van der Waals surface area contributed by atoms with Gasteiger partial charge in [0, 0.05) is 25.7 Å². The number of guanidine groups is 1. The van der Waals surface area contributed by atoms with Crippen LogP contribution in [-0.2, 0) is 0 Å². The Bertz CT molecular complexity index is 245. The number of nitrogens with zero attached hydrogens (tertiary/aromatic N) is 2. The standard InChI is InChI=1S/C13H28N4.HI/c1-5-11(3)16-13(14-4)15-10-12-8-7-9-17(12)6-2;/h11-12H,5-10H2,1-4H3,(H2,14,15,16);1H. The fraction of sp³-hybridized carbons (Fsp3) is 0.923. The van der Waals surface area contributed by atoms with Crippen LogP contribution >= 0.6 is 24.0 Å². The fourth-order valence-electron chi connectivity index (χ4n) is 2.29. The maximum absolute atomic E-state index is 4.26. The van der Waals surface area contributed by atoms with Gasteiger partial charge in [0.25, 0.3) is 0 Å². The van der Waals surface area contributed by atoms with Crippen molar-refractivity contribution >= 4 is 29.9 Å². The van der Waals surface area contributed by atoms with E-state index in [-0.39, 0.29) is 24.0 Å². The van der Waals surface area contributed by atoms with Gasteiger partial charge in [0.15, 0.2) is 5.96 Å². The normalized spacial score (nSPS) is 22.4. The van der Waals surface area contributed by atoms with Gasteiger partial charge in [-0.25, -0.2) is 0 Å². The zero-order valence-electron chi connectivity index (χ0n) is 12.2. The van der Waals surface area contributed by atoms with E-state index in [1.54, 1.807) is 0 Å². The van der Waals surface area contributed by atoms with Gasteiger partial charge >= 0.3 is 0 Å². The molecule has 0 aromatic rings. The minimum Gasteiger partial charge on any atom is -0.355 e. The molecule has 4 nitrogen and oxygen atoms in total. The smallest absolute Gasteiger partial charge is 0.191 e. The van der Waals surface area contributed by atoms with E-state index in [0.717, 1.165) is 25.5 Å². The van der Waals surface area contributed by atoms with Crippen LogP contribution in [0.5, 0.6) is 0 Å². The quantitative estimate of drug-likeness (QED) is 0.443. The van der Waals surface area contributed by atoms with Crippen LogP contribution in [0, 0.1) is 0 Å². The van der Waals surface area contributed by atoms with Crippen LogP contribution in [0.15, 0.2) is 4.99 Å². The molecule has 2 N–H and O–H groups in total.